The molecule has 4 rings (SSSR count). The summed E-state index contributed by atoms with van der Waals surface area (Å²) >= 11 is 0. The van der Waals surface area contributed by atoms with Gasteiger partial charge in [0, 0.05) is 11.6 Å². The summed E-state index contributed by atoms with van der Waals surface area (Å²) in [5.41, 5.74) is 0.626. The van der Waals surface area contributed by atoms with Crippen molar-refractivity contribution in [3.63, 3.8) is 0 Å². The fourth-order valence-corrected chi connectivity index (χ4v) is 2.93. The fraction of sp³-hybridized carbons (Fsp3) is 0.111. The van der Waals surface area contributed by atoms with Crippen molar-refractivity contribution in [2.75, 3.05) is 10.6 Å². The van der Waals surface area contributed by atoms with Gasteiger partial charge >= 0.3 is 0 Å². The van der Waals surface area contributed by atoms with E-state index in [0.717, 1.165) is 5.56 Å². The van der Waals surface area contributed by atoms with Crippen molar-refractivity contribution in [3.8, 4) is 11.4 Å². The molecule has 28 heavy (non-hydrogen) atoms. The number of carbonyl (C=O) groups excluding carboxylic acids is 2. The predicted molar refractivity (Wildman–Crippen MR) is 99.5 cm³/mol. The molecular formula is C18H14N6O4. The molecule has 3 aromatic rings. The summed E-state index contributed by atoms with van der Waals surface area (Å²) in [6.45, 7) is 0. The van der Waals surface area contributed by atoms with Crippen LogP contribution in [0.2, 0.25) is 0 Å². The predicted octanol–water partition coefficient (Wildman–Crippen LogP) is 2.38. The van der Waals surface area contributed by atoms with Crippen molar-refractivity contribution in [1.82, 2.24) is 14.8 Å². The molecule has 0 unspecified atom stereocenters. The molecule has 2 N–H and O–H groups in total. The Morgan fingerprint density at radius 2 is 1.89 bits per heavy atom. The van der Waals surface area contributed by atoms with Crippen molar-refractivity contribution in [3.05, 3.63) is 64.7 Å². The molecule has 2 heterocycles. The number of para-hydroxylation sites is 2. The van der Waals surface area contributed by atoms with Gasteiger partial charge in [-0.05, 0) is 6.07 Å². The number of carbonyl (C=O) groups is 2. The Labute approximate surface area is 158 Å². The van der Waals surface area contributed by atoms with E-state index in [4.69, 9.17) is 0 Å². The number of nitrogens with zero attached hydrogens (tertiary/aromatic N) is 4. The Bertz CT molecular complexity index is 1080. The number of amides is 2. The fourth-order valence-electron chi connectivity index (χ4n) is 2.93. The Kier molecular flexibility index (Phi) is 4.28. The number of nitrogens with one attached hydrogen (secondary N) is 2. The Morgan fingerprint density at radius 1 is 1.18 bits per heavy atom. The maximum absolute atomic E-state index is 12.4. The lowest BCUT2D eigenvalue weighted by atomic mass is 10.2. The Balaban J connectivity index is 1.53. The number of aromatic nitrogens is 3. The summed E-state index contributed by atoms with van der Waals surface area (Å²) in [5.74, 6) is -0.265. The van der Waals surface area contributed by atoms with Crippen LogP contribution in [0.25, 0.3) is 11.4 Å². The summed E-state index contributed by atoms with van der Waals surface area (Å²) in [4.78, 5) is 39.4. The minimum absolute atomic E-state index is 0.0692. The number of rotatable bonds is 5. The van der Waals surface area contributed by atoms with Crippen molar-refractivity contribution >= 4 is 29.1 Å². The van der Waals surface area contributed by atoms with Crippen LogP contribution in [0.5, 0.6) is 0 Å². The summed E-state index contributed by atoms with van der Waals surface area (Å²) in [5, 5.41) is 20.5. The molecule has 0 fully saturated rings. The second kappa shape index (κ2) is 6.91. The normalized spacial score (nSPS) is 15.0. The quantitative estimate of drug-likeness (QED) is 0.517. The molecule has 2 aromatic carbocycles. The number of nitro benzene ring substituents is 1. The van der Waals surface area contributed by atoms with Crippen LogP contribution in [0.1, 0.15) is 12.5 Å². The molecule has 0 aliphatic carbocycles. The van der Waals surface area contributed by atoms with E-state index < -0.39 is 22.8 Å². The van der Waals surface area contributed by atoms with Gasteiger partial charge in [-0.1, -0.05) is 42.5 Å². The molecule has 1 atom stereocenters. The van der Waals surface area contributed by atoms with E-state index in [1.807, 2.05) is 30.3 Å². The van der Waals surface area contributed by atoms with E-state index in [-0.39, 0.29) is 23.7 Å². The molecule has 2 amide bonds. The SMILES string of the molecule is O=C(C[C@@H]1C(=O)Nc2nc(-c3ccccc3)nn21)Nc1ccccc1[N+](=O)[O-]. The highest BCUT2D eigenvalue weighted by Gasteiger charge is 2.35. The Hall–Kier alpha value is -4.08. The van der Waals surface area contributed by atoms with Crippen molar-refractivity contribution < 1.29 is 14.5 Å². The largest absolute Gasteiger partial charge is 0.320 e. The first-order chi connectivity index (χ1) is 13.5. The van der Waals surface area contributed by atoms with Gasteiger partial charge in [0.1, 0.15) is 11.7 Å². The van der Waals surface area contributed by atoms with Crippen molar-refractivity contribution in [2.24, 2.45) is 0 Å². The number of anilines is 2. The second-order valence-corrected chi connectivity index (χ2v) is 6.10. The van der Waals surface area contributed by atoms with E-state index >= 15 is 0 Å². The molecule has 140 valence electrons. The molecule has 0 saturated carbocycles. The van der Waals surface area contributed by atoms with Crippen molar-refractivity contribution in [2.45, 2.75) is 12.5 Å². The van der Waals surface area contributed by atoms with E-state index in [2.05, 4.69) is 20.7 Å². The molecule has 0 saturated heterocycles. The highest BCUT2D eigenvalue weighted by atomic mass is 16.6. The van der Waals surface area contributed by atoms with Crippen LogP contribution in [0.4, 0.5) is 17.3 Å². The van der Waals surface area contributed by atoms with Gasteiger partial charge in [0.25, 0.3) is 11.6 Å². The number of hydrogen-bond acceptors (Lipinski definition) is 6. The molecule has 1 aliphatic heterocycles. The molecule has 0 radical (unpaired) electrons. The van der Waals surface area contributed by atoms with Crippen LogP contribution in [0.15, 0.2) is 54.6 Å². The monoisotopic (exact) mass is 378 g/mol. The lowest BCUT2D eigenvalue weighted by Crippen LogP contribution is -2.24. The first-order valence-corrected chi connectivity index (χ1v) is 8.39. The maximum atomic E-state index is 12.4. The van der Waals surface area contributed by atoms with Crippen LogP contribution in [-0.2, 0) is 9.59 Å². The zero-order chi connectivity index (χ0) is 19.7. The van der Waals surface area contributed by atoms with Gasteiger partial charge in [-0.2, -0.15) is 4.98 Å². The van der Waals surface area contributed by atoms with E-state index in [1.54, 1.807) is 6.07 Å². The molecule has 1 aromatic heterocycles. The van der Waals surface area contributed by atoms with Gasteiger partial charge in [-0.15, -0.1) is 5.10 Å². The van der Waals surface area contributed by atoms with Crippen molar-refractivity contribution in [1.29, 1.82) is 0 Å². The minimum Gasteiger partial charge on any atom is -0.320 e. The third kappa shape index (κ3) is 3.18. The van der Waals surface area contributed by atoms with Crippen LogP contribution in [0, 0.1) is 10.1 Å². The van der Waals surface area contributed by atoms with Crippen LogP contribution < -0.4 is 10.6 Å². The Morgan fingerprint density at radius 3 is 2.64 bits per heavy atom. The van der Waals surface area contributed by atoms with Gasteiger partial charge in [0.05, 0.1) is 11.3 Å². The maximum Gasteiger partial charge on any atom is 0.292 e. The molecule has 0 bridgehead atoms. The number of nitro groups is 1. The third-order valence-corrected chi connectivity index (χ3v) is 4.25. The molecular weight excluding hydrogens is 364 g/mol. The zero-order valence-corrected chi connectivity index (χ0v) is 14.4. The molecule has 10 nitrogen and oxygen atoms in total. The average Bonchev–Trinajstić information content (AvgIpc) is 3.21. The zero-order valence-electron chi connectivity index (χ0n) is 14.4. The van der Waals surface area contributed by atoms with Gasteiger partial charge in [0.15, 0.2) is 5.82 Å². The third-order valence-electron chi connectivity index (χ3n) is 4.25. The van der Waals surface area contributed by atoms with Gasteiger partial charge in [0.2, 0.25) is 11.9 Å². The van der Waals surface area contributed by atoms with E-state index in [0.29, 0.717) is 5.82 Å². The summed E-state index contributed by atoms with van der Waals surface area (Å²) in [6, 6.07) is 14.1. The summed E-state index contributed by atoms with van der Waals surface area (Å²) in [7, 11) is 0. The first-order valence-electron chi connectivity index (χ1n) is 8.39. The number of hydrogen-bond donors (Lipinski definition) is 2. The summed E-state index contributed by atoms with van der Waals surface area (Å²) in [6.07, 6.45) is -0.234. The smallest absolute Gasteiger partial charge is 0.292 e. The minimum atomic E-state index is -0.886. The summed E-state index contributed by atoms with van der Waals surface area (Å²) < 4.78 is 1.36. The second-order valence-electron chi connectivity index (χ2n) is 6.10. The lowest BCUT2D eigenvalue weighted by Gasteiger charge is -2.10. The average molecular weight is 378 g/mol. The van der Waals surface area contributed by atoms with Crippen LogP contribution in [0.3, 0.4) is 0 Å². The van der Waals surface area contributed by atoms with E-state index in [1.165, 1.54) is 22.9 Å². The molecule has 1 aliphatic rings. The lowest BCUT2D eigenvalue weighted by molar-refractivity contribution is -0.383. The topological polar surface area (TPSA) is 132 Å². The molecule has 10 heteroatoms. The number of benzene rings is 2. The van der Waals surface area contributed by atoms with Gasteiger partial charge in [-0.25, -0.2) is 4.68 Å². The highest BCUT2D eigenvalue weighted by molar-refractivity contribution is 6.01. The highest BCUT2D eigenvalue weighted by Crippen LogP contribution is 2.29. The van der Waals surface area contributed by atoms with Gasteiger partial charge < -0.3 is 5.32 Å². The van der Waals surface area contributed by atoms with Crippen LogP contribution >= 0.6 is 0 Å². The van der Waals surface area contributed by atoms with E-state index in [9.17, 15) is 19.7 Å². The molecule has 0 spiro atoms. The first kappa shape index (κ1) is 17.3. The van der Waals surface area contributed by atoms with Crippen LogP contribution in [-0.4, -0.2) is 31.5 Å². The number of fused-ring (bicyclic) bond motifs is 1. The standard InChI is InChI=1S/C18H14N6O4/c25-15(19-12-8-4-5-9-13(12)24(27)28)10-14-17(26)21-18-20-16(22-23(14)18)11-6-2-1-3-7-11/h1-9,14H,10H2,(H,19,25)(H,20,21,22,26)/t14-/m1/s1. The van der Waals surface area contributed by atoms with Gasteiger partial charge in [-0.3, -0.25) is 25.0 Å².